The van der Waals surface area contributed by atoms with Crippen molar-refractivity contribution >= 4 is 22.2 Å². The lowest BCUT2D eigenvalue weighted by Gasteiger charge is -2.05. The van der Waals surface area contributed by atoms with Crippen molar-refractivity contribution in [1.82, 2.24) is 14.8 Å². The number of anilines is 2. The monoisotopic (exact) mass is 223 g/mol. The van der Waals surface area contributed by atoms with Crippen LogP contribution in [0.25, 0.3) is 10.6 Å². The summed E-state index contributed by atoms with van der Waals surface area (Å²) in [4.78, 5) is 7.31. The predicted molar refractivity (Wildman–Crippen MR) is 63.1 cm³/mol. The fourth-order valence-electron chi connectivity index (χ4n) is 1.34. The molecular formula is C9H13N5S. The van der Waals surface area contributed by atoms with Gasteiger partial charge in [-0.25, -0.2) is 4.98 Å². The molecule has 0 spiro atoms. The van der Waals surface area contributed by atoms with Gasteiger partial charge in [-0.3, -0.25) is 4.68 Å². The van der Waals surface area contributed by atoms with Crippen LogP contribution in [0.4, 0.5) is 10.8 Å². The lowest BCUT2D eigenvalue weighted by atomic mass is 10.3. The van der Waals surface area contributed by atoms with Gasteiger partial charge in [-0.05, 0) is 0 Å². The van der Waals surface area contributed by atoms with E-state index in [1.54, 1.807) is 22.2 Å². The Hall–Kier alpha value is -1.56. The van der Waals surface area contributed by atoms with E-state index in [4.69, 9.17) is 5.73 Å². The summed E-state index contributed by atoms with van der Waals surface area (Å²) in [5.41, 5.74) is 7.46. The molecule has 0 amide bonds. The van der Waals surface area contributed by atoms with Crippen LogP contribution < -0.4 is 10.6 Å². The Morgan fingerprint density at radius 3 is 2.60 bits per heavy atom. The molecule has 2 aromatic heterocycles. The molecule has 0 atom stereocenters. The van der Waals surface area contributed by atoms with Crippen LogP contribution in [0.2, 0.25) is 0 Å². The van der Waals surface area contributed by atoms with Crippen molar-refractivity contribution in [3.8, 4) is 10.6 Å². The third-order valence-electron chi connectivity index (χ3n) is 2.08. The number of aryl methyl sites for hydroxylation is 1. The number of nitrogen functional groups attached to an aromatic ring is 1. The summed E-state index contributed by atoms with van der Waals surface area (Å²) in [6.07, 6.45) is 3.48. The fourth-order valence-corrected chi connectivity index (χ4v) is 2.27. The third-order valence-corrected chi connectivity index (χ3v) is 3.25. The minimum absolute atomic E-state index is 0.687. The van der Waals surface area contributed by atoms with Gasteiger partial charge >= 0.3 is 0 Å². The van der Waals surface area contributed by atoms with Crippen molar-refractivity contribution in [2.75, 3.05) is 24.7 Å². The van der Waals surface area contributed by atoms with E-state index in [-0.39, 0.29) is 0 Å². The largest absolute Gasteiger partial charge is 0.396 e. The highest BCUT2D eigenvalue weighted by Crippen LogP contribution is 2.32. The fraction of sp³-hybridized carbons (Fsp3) is 0.333. The molecule has 0 radical (unpaired) electrons. The molecule has 2 aromatic rings. The summed E-state index contributed by atoms with van der Waals surface area (Å²) in [6.45, 7) is 0. The molecule has 0 bridgehead atoms. The highest BCUT2D eigenvalue weighted by Gasteiger charge is 2.12. The van der Waals surface area contributed by atoms with Crippen molar-refractivity contribution in [3.63, 3.8) is 0 Å². The Balaban J connectivity index is 2.46. The van der Waals surface area contributed by atoms with Crippen LogP contribution in [0.1, 0.15) is 0 Å². The number of nitrogens with two attached hydrogens (primary N) is 1. The SMILES string of the molecule is CN(C)c1ncc(-c2c(N)cnn2C)s1. The zero-order valence-electron chi connectivity index (χ0n) is 8.93. The molecule has 0 unspecified atom stereocenters. The first-order valence-electron chi connectivity index (χ1n) is 4.50. The lowest BCUT2D eigenvalue weighted by molar-refractivity contribution is 0.777. The van der Waals surface area contributed by atoms with E-state index in [1.165, 1.54) is 0 Å². The topological polar surface area (TPSA) is 60.0 Å². The van der Waals surface area contributed by atoms with Gasteiger partial charge in [0.1, 0.15) is 5.69 Å². The van der Waals surface area contributed by atoms with Gasteiger partial charge in [0.15, 0.2) is 5.13 Å². The number of nitrogens with zero attached hydrogens (tertiary/aromatic N) is 4. The molecule has 2 heterocycles. The van der Waals surface area contributed by atoms with Gasteiger partial charge in [-0.2, -0.15) is 5.10 Å². The molecule has 80 valence electrons. The van der Waals surface area contributed by atoms with Crippen LogP contribution in [0.15, 0.2) is 12.4 Å². The number of hydrogen-bond donors (Lipinski definition) is 1. The summed E-state index contributed by atoms with van der Waals surface area (Å²) in [5, 5.41) is 5.07. The maximum atomic E-state index is 5.84. The minimum Gasteiger partial charge on any atom is -0.396 e. The van der Waals surface area contributed by atoms with Crippen LogP contribution in [0, 0.1) is 0 Å². The van der Waals surface area contributed by atoms with Gasteiger partial charge in [0.2, 0.25) is 0 Å². The Bertz CT molecular complexity index is 451. The van der Waals surface area contributed by atoms with E-state index >= 15 is 0 Å². The van der Waals surface area contributed by atoms with Crippen LogP contribution in [0.3, 0.4) is 0 Å². The standard InChI is InChI=1S/C9H13N5S/c1-13(2)9-11-5-7(15-9)8-6(10)4-12-14(8)3/h4-5H,10H2,1-3H3. The van der Waals surface area contributed by atoms with Crippen molar-refractivity contribution in [1.29, 1.82) is 0 Å². The van der Waals surface area contributed by atoms with Crippen molar-refractivity contribution in [2.24, 2.45) is 7.05 Å². The molecule has 0 aliphatic rings. The van der Waals surface area contributed by atoms with E-state index in [9.17, 15) is 0 Å². The van der Waals surface area contributed by atoms with Crippen molar-refractivity contribution < 1.29 is 0 Å². The van der Waals surface area contributed by atoms with Crippen LogP contribution in [-0.4, -0.2) is 28.9 Å². The summed E-state index contributed by atoms with van der Waals surface area (Å²) in [7, 11) is 5.81. The average Bonchev–Trinajstić information content (AvgIpc) is 2.73. The maximum Gasteiger partial charge on any atom is 0.185 e. The van der Waals surface area contributed by atoms with E-state index < -0.39 is 0 Å². The van der Waals surface area contributed by atoms with Crippen molar-refractivity contribution in [2.45, 2.75) is 0 Å². The smallest absolute Gasteiger partial charge is 0.185 e. The predicted octanol–water partition coefficient (Wildman–Crippen LogP) is 1.19. The first kappa shape index (κ1) is 9.97. The summed E-state index contributed by atoms with van der Waals surface area (Å²) in [5.74, 6) is 0. The molecule has 0 aromatic carbocycles. The third kappa shape index (κ3) is 1.68. The van der Waals surface area contributed by atoms with Gasteiger partial charge < -0.3 is 10.6 Å². The lowest BCUT2D eigenvalue weighted by Crippen LogP contribution is -2.07. The molecule has 5 nitrogen and oxygen atoms in total. The zero-order valence-corrected chi connectivity index (χ0v) is 9.75. The Labute approximate surface area is 92.2 Å². The average molecular weight is 223 g/mol. The van der Waals surface area contributed by atoms with Gasteiger partial charge in [0.25, 0.3) is 0 Å². The van der Waals surface area contributed by atoms with E-state index in [0.29, 0.717) is 5.69 Å². The van der Waals surface area contributed by atoms with Gasteiger partial charge in [0.05, 0.1) is 16.8 Å². The second-order valence-electron chi connectivity index (χ2n) is 3.47. The zero-order chi connectivity index (χ0) is 11.0. The number of thiazole rings is 1. The molecule has 15 heavy (non-hydrogen) atoms. The second kappa shape index (κ2) is 3.54. The molecule has 0 saturated carbocycles. The molecule has 2 rings (SSSR count). The summed E-state index contributed by atoms with van der Waals surface area (Å²) >= 11 is 1.60. The maximum absolute atomic E-state index is 5.84. The minimum atomic E-state index is 0.687. The van der Waals surface area contributed by atoms with E-state index in [1.807, 2.05) is 32.2 Å². The van der Waals surface area contributed by atoms with Gasteiger partial charge in [-0.1, -0.05) is 11.3 Å². The van der Waals surface area contributed by atoms with Crippen LogP contribution in [-0.2, 0) is 7.05 Å². The molecule has 0 saturated heterocycles. The number of rotatable bonds is 2. The number of hydrogen-bond acceptors (Lipinski definition) is 5. The quantitative estimate of drug-likeness (QED) is 0.831. The molecule has 6 heteroatoms. The first-order chi connectivity index (χ1) is 7.09. The normalized spacial score (nSPS) is 10.6. The molecule has 0 aliphatic heterocycles. The molecule has 0 fully saturated rings. The number of aromatic nitrogens is 3. The Morgan fingerprint density at radius 1 is 1.40 bits per heavy atom. The highest BCUT2D eigenvalue weighted by atomic mass is 32.1. The van der Waals surface area contributed by atoms with Gasteiger partial charge in [-0.15, -0.1) is 0 Å². The van der Waals surface area contributed by atoms with Crippen molar-refractivity contribution in [3.05, 3.63) is 12.4 Å². The summed E-state index contributed by atoms with van der Waals surface area (Å²) < 4.78 is 1.77. The van der Waals surface area contributed by atoms with Crippen LogP contribution in [0.5, 0.6) is 0 Å². The molecular weight excluding hydrogens is 210 g/mol. The van der Waals surface area contributed by atoms with Gasteiger partial charge in [0, 0.05) is 27.3 Å². The second-order valence-corrected chi connectivity index (χ2v) is 4.48. The highest BCUT2D eigenvalue weighted by molar-refractivity contribution is 7.18. The van der Waals surface area contributed by atoms with Crippen LogP contribution >= 0.6 is 11.3 Å². The van der Waals surface area contributed by atoms with E-state index in [2.05, 4.69) is 10.1 Å². The first-order valence-corrected chi connectivity index (χ1v) is 5.32. The summed E-state index contributed by atoms with van der Waals surface area (Å²) in [6, 6.07) is 0. The molecule has 0 aliphatic carbocycles. The Morgan fingerprint density at radius 2 is 2.13 bits per heavy atom. The molecule has 2 N–H and O–H groups in total. The van der Waals surface area contributed by atoms with E-state index in [0.717, 1.165) is 15.7 Å². The Kier molecular flexibility index (Phi) is 2.36.